The topological polar surface area (TPSA) is 91.7 Å². The molecule has 0 fully saturated rings. The normalized spacial score (nSPS) is 12.2. The van der Waals surface area contributed by atoms with Gasteiger partial charge in [0.25, 0.3) is 10.1 Å². The summed E-state index contributed by atoms with van der Waals surface area (Å²) in [5, 5.41) is 8.23. The van der Waals surface area contributed by atoms with Gasteiger partial charge in [-0.1, -0.05) is 194 Å². The second kappa shape index (κ2) is 38.2. The molecule has 0 saturated heterocycles. The van der Waals surface area contributed by atoms with Gasteiger partial charge in [-0.3, -0.25) is 4.55 Å². The summed E-state index contributed by atoms with van der Waals surface area (Å²) >= 11 is 0. The van der Waals surface area contributed by atoms with E-state index in [1.165, 1.54) is 205 Å². The molecule has 0 heterocycles. The largest absolute Gasteiger partial charge is 0.477 e. The summed E-state index contributed by atoms with van der Waals surface area (Å²) in [5.41, 5.74) is 0. The SMILES string of the molecule is CCCCCCCCCCCCCCCCCC[N+](C)(CCCCCCCCCCCCCCCCCC)CCCS(=O)(=O)O.C[N+](C)(C)CC(=O)O. The van der Waals surface area contributed by atoms with Crippen LogP contribution in [0, 0.1) is 0 Å². The minimum Gasteiger partial charge on any atom is -0.477 e. The first kappa shape index (κ1) is 54.4. The molecule has 0 rings (SSSR count). The van der Waals surface area contributed by atoms with Crippen LogP contribution in [0.4, 0.5) is 0 Å². The Balaban J connectivity index is 0. The molecule has 0 amide bonds. The van der Waals surface area contributed by atoms with Crippen LogP contribution in [0.1, 0.15) is 226 Å². The van der Waals surface area contributed by atoms with Crippen molar-refractivity contribution < 1.29 is 31.8 Å². The van der Waals surface area contributed by atoms with Gasteiger partial charge in [0.2, 0.25) is 0 Å². The highest BCUT2D eigenvalue weighted by atomic mass is 32.2. The smallest absolute Gasteiger partial charge is 0.359 e. The van der Waals surface area contributed by atoms with E-state index in [2.05, 4.69) is 20.9 Å². The minimum absolute atomic E-state index is 0.0985. The van der Waals surface area contributed by atoms with Crippen LogP contribution in [0.25, 0.3) is 0 Å². The van der Waals surface area contributed by atoms with Gasteiger partial charge in [0.15, 0.2) is 6.54 Å². The Morgan fingerprint density at radius 1 is 0.415 bits per heavy atom. The van der Waals surface area contributed by atoms with E-state index >= 15 is 0 Å². The molecule has 8 heteroatoms. The molecule has 0 aliphatic rings. The number of hydrogen-bond acceptors (Lipinski definition) is 3. The number of hydrogen-bond donors (Lipinski definition) is 2. The number of aliphatic carboxylic acids is 1. The zero-order chi connectivity index (χ0) is 39.9. The second-order valence-corrected chi connectivity index (χ2v) is 19.5. The highest BCUT2D eigenvalue weighted by molar-refractivity contribution is 7.85. The Kier molecular flexibility index (Phi) is 39.2. The van der Waals surface area contributed by atoms with Gasteiger partial charge in [-0.05, 0) is 25.7 Å². The van der Waals surface area contributed by atoms with Gasteiger partial charge in [0.05, 0.1) is 53.6 Å². The van der Waals surface area contributed by atoms with E-state index in [0.717, 1.165) is 24.1 Å². The molecule has 0 radical (unpaired) electrons. The summed E-state index contributed by atoms with van der Waals surface area (Å²) in [7, 11) is 3.98. The Bertz CT molecular complexity index is 839. The van der Waals surface area contributed by atoms with Crippen LogP contribution < -0.4 is 0 Å². The van der Waals surface area contributed by atoms with Gasteiger partial charge in [-0.2, -0.15) is 8.42 Å². The fraction of sp³-hybridized carbons (Fsp3) is 0.978. The average Bonchev–Trinajstić information content (AvgIpc) is 3.06. The van der Waals surface area contributed by atoms with E-state index in [4.69, 9.17) is 5.11 Å². The quantitative estimate of drug-likeness (QED) is 0.0367. The maximum atomic E-state index is 11.3. The third-order valence-corrected chi connectivity index (χ3v) is 11.6. The van der Waals surface area contributed by atoms with Crippen molar-refractivity contribution in [2.45, 2.75) is 226 Å². The summed E-state index contributed by atoms with van der Waals surface area (Å²) in [6, 6.07) is 0. The molecular formula is C45H96N2O5S+2. The number of unbranched alkanes of at least 4 members (excludes halogenated alkanes) is 30. The maximum Gasteiger partial charge on any atom is 0.359 e. The summed E-state index contributed by atoms with van der Waals surface area (Å²) < 4.78 is 33.3. The van der Waals surface area contributed by atoms with E-state index in [-0.39, 0.29) is 12.3 Å². The van der Waals surface area contributed by atoms with Gasteiger partial charge in [0, 0.05) is 6.42 Å². The van der Waals surface area contributed by atoms with Crippen LogP contribution in [0.5, 0.6) is 0 Å². The number of carbonyl (C=O) groups is 1. The monoisotopic (exact) mass is 777 g/mol. The maximum absolute atomic E-state index is 11.3. The van der Waals surface area contributed by atoms with Crippen LogP contribution >= 0.6 is 0 Å². The molecule has 0 aliphatic heterocycles. The zero-order valence-corrected chi connectivity index (χ0v) is 37.6. The summed E-state index contributed by atoms with van der Waals surface area (Å²) in [5.74, 6) is -0.851. The predicted molar refractivity (Wildman–Crippen MR) is 231 cm³/mol. The third kappa shape index (κ3) is 49.3. The van der Waals surface area contributed by atoms with Gasteiger partial charge in [-0.15, -0.1) is 0 Å². The molecule has 0 atom stereocenters. The molecule has 0 unspecified atom stereocenters. The number of quaternary nitrogens is 2. The zero-order valence-electron chi connectivity index (χ0n) is 36.8. The molecule has 0 aliphatic carbocycles. The number of carboxylic acids is 1. The third-order valence-electron chi connectivity index (χ3n) is 10.8. The Morgan fingerprint density at radius 3 is 0.830 bits per heavy atom. The average molecular weight is 777 g/mol. The second-order valence-electron chi connectivity index (χ2n) is 17.9. The minimum atomic E-state index is -3.86. The van der Waals surface area contributed by atoms with Crippen molar-refractivity contribution in [1.82, 2.24) is 0 Å². The summed E-state index contributed by atoms with van der Waals surface area (Å²) in [4.78, 5) is 10.00. The van der Waals surface area contributed by atoms with E-state index in [1.807, 2.05) is 21.1 Å². The van der Waals surface area contributed by atoms with Crippen molar-refractivity contribution in [3.63, 3.8) is 0 Å². The highest BCUT2D eigenvalue weighted by Gasteiger charge is 2.21. The van der Waals surface area contributed by atoms with Gasteiger partial charge in [0.1, 0.15) is 0 Å². The number of rotatable bonds is 40. The molecule has 2 N–H and O–H groups in total. The van der Waals surface area contributed by atoms with Crippen molar-refractivity contribution in [2.24, 2.45) is 0 Å². The summed E-state index contributed by atoms with van der Waals surface area (Å²) in [6.45, 7) is 7.90. The standard InChI is InChI=1S/C40H83NO3S.C5H11NO2/c1-4-6-8-10-12-14-16-18-20-22-24-26-28-30-32-34-37-41(3,39-36-40-45(42,43)44)38-35-33-31-29-27-25-23-21-19-17-15-13-11-9-7-5-2;1-6(2,3)4-5(7)8/h4-40H2,1-3H3;4H2,1-3H3/p+2. The van der Waals surface area contributed by atoms with Crippen molar-refractivity contribution in [2.75, 3.05) is 60.1 Å². The van der Waals surface area contributed by atoms with E-state index in [0.29, 0.717) is 10.9 Å². The molecule has 0 aromatic carbocycles. The lowest BCUT2D eigenvalue weighted by Gasteiger charge is -2.35. The van der Waals surface area contributed by atoms with Gasteiger partial charge in [-0.25, -0.2) is 4.79 Å². The number of likely N-dealkylation sites (N-methyl/N-ethyl adjacent to an activating group) is 1. The van der Waals surface area contributed by atoms with Crippen molar-refractivity contribution >= 4 is 16.1 Å². The van der Waals surface area contributed by atoms with Crippen molar-refractivity contribution in [3.8, 4) is 0 Å². The molecule has 0 spiro atoms. The molecule has 0 aromatic rings. The first-order valence-electron chi connectivity index (χ1n) is 23.1. The Hall–Kier alpha value is -0.700. The number of nitrogens with zero attached hydrogens (tertiary/aromatic N) is 2. The van der Waals surface area contributed by atoms with Crippen molar-refractivity contribution in [3.05, 3.63) is 0 Å². The van der Waals surface area contributed by atoms with E-state index < -0.39 is 16.1 Å². The lowest BCUT2D eigenvalue weighted by molar-refractivity contribution is -0.910. The van der Waals surface area contributed by atoms with E-state index in [1.54, 1.807) is 0 Å². The van der Waals surface area contributed by atoms with Crippen LogP contribution in [0.15, 0.2) is 0 Å². The fourth-order valence-electron chi connectivity index (χ4n) is 7.45. The Morgan fingerprint density at radius 2 is 0.642 bits per heavy atom. The molecule has 320 valence electrons. The molecule has 0 aromatic heterocycles. The number of carboxylic acid groups (broad SMARTS) is 1. The molecule has 0 bridgehead atoms. The van der Waals surface area contributed by atoms with Gasteiger partial charge >= 0.3 is 5.97 Å². The van der Waals surface area contributed by atoms with Gasteiger partial charge < -0.3 is 14.1 Å². The fourth-order valence-corrected chi connectivity index (χ4v) is 7.95. The Labute approximate surface area is 332 Å². The van der Waals surface area contributed by atoms with E-state index in [9.17, 15) is 17.8 Å². The predicted octanol–water partition coefficient (Wildman–Crippen LogP) is 13.0. The van der Waals surface area contributed by atoms with Crippen LogP contribution in [0.2, 0.25) is 0 Å². The van der Waals surface area contributed by atoms with Crippen LogP contribution in [-0.4, -0.2) is 93.1 Å². The molecule has 0 saturated carbocycles. The summed E-state index contributed by atoms with van der Waals surface area (Å²) in [6.07, 6.45) is 45.0. The molecular weight excluding hydrogens is 681 g/mol. The first-order valence-corrected chi connectivity index (χ1v) is 24.7. The lowest BCUT2D eigenvalue weighted by Crippen LogP contribution is -2.46. The first-order chi connectivity index (χ1) is 25.2. The van der Waals surface area contributed by atoms with Crippen LogP contribution in [-0.2, 0) is 14.9 Å². The highest BCUT2D eigenvalue weighted by Crippen LogP contribution is 2.18. The molecule has 53 heavy (non-hydrogen) atoms. The molecule has 7 nitrogen and oxygen atoms in total. The lowest BCUT2D eigenvalue weighted by atomic mass is 10.0. The van der Waals surface area contributed by atoms with Crippen molar-refractivity contribution in [1.29, 1.82) is 0 Å². The van der Waals surface area contributed by atoms with Crippen LogP contribution in [0.3, 0.4) is 0 Å².